The fraction of sp³-hybridized carbons (Fsp3) is 0.538. The lowest BCUT2D eigenvalue weighted by atomic mass is 9.91. The van der Waals surface area contributed by atoms with Crippen molar-refractivity contribution < 1.29 is 0 Å². The molecule has 1 saturated carbocycles. The minimum atomic E-state index is 0.176. The summed E-state index contributed by atoms with van der Waals surface area (Å²) in [6.07, 6.45) is 3.72. The molecule has 0 bridgehead atoms. The number of rotatable bonds is 3. The SMILES string of the molecule is CC1CCC(C(NN)c2ccc(Cl)c(Cl)c2)C1. The van der Waals surface area contributed by atoms with Crippen molar-refractivity contribution in [2.45, 2.75) is 32.2 Å². The summed E-state index contributed by atoms with van der Waals surface area (Å²) in [6, 6.07) is 5.93. The van der Waals surface area contributed by atoms with Crippen molar-refractivity contribution in [1.82, 2.24) is 5.43 Å². The zero-order chi connectivity index (χ0) is 12.4. The van der Waals surface area contributed by atoms with Gasteiger partial charge in [-0.15, -0.1) is 0 Å². The van der Waals surface area contributed by atoms with Gasteiger partial charge in [0.15, 0.2) is 0 Å². The first-order valence-electron chi connectivity index (χ1n) is 6.03. The maximum absolute atomic E-state index is 6.05. The topological polar surface area (TPSA) is 38.0 Å². The Morgan fingerprint density at radius 3 is 2.59 bits per heavy atom. The molecule has 1 fully saturated rings. The van der Waals surface area contributed by atoms with E-state index >= 15 is 0 Å². The third kappa shape index (κ3) is 2.94. The Morgan fingerprint density at radius 1 is 1.29 bits per heavy atom. The highest BCUT2D eigenvalue weighted by Crippen LogP contribution is 2.39. The second-order valence-corrected chi connectivity index (χ2v) is 5.81. The molecule has 1 aromatic carbocycles. The van der Waals surface area contributed by atoms with Crippen LogP contribution in [0.3, 0.4) is 0 Å². The normalized spacial score (nSPS) is 26.1. The van der Waals surface area contributed by atoms with Gasteiger partial charge in [-0.05, 0) is 42.4 Å². The molecule has 1 aromatic rings. The standard InChI is InChI=1S/C13H18Cl2N2/c1-8-2-3-9(6-8)13(17-16)10-4-5-11(14)12(15)7-10/h4-5,7-9,13,17H,2-3,6,16H2,1H3. The molecule has 1 aliphatic rings. The van der Waals surface area contributed by atoms with Crippen LogP contribution in [0.15, 0.2) is 18.2 Å². The second kappa shape index (κ2) is 5.57. The number of hydrogen-bond donors (Lipinski definition) is 2. The summed E-state index contributed by atoms with van der Waals surface area (Å²) in [6.45, 7) is 2.29. The Kier molecular flexibility index (Phi) is 4.31. The summed E-state index contributed by atoms with van der Waals surface area (Å²) < 4.78 is 0. The molecule has 0 heterocycles. The molecule has 3 unspecified atom stereocenters. The first-order valence-corrected chi connectivity index (χ1v) is 6.78. The van der Waals surface area contributed by atoms with Crippen molar-refractivity contribution in [2.24, 2.45) is 17.7 Å². The molecule has 2 nitrogen and oxygen atoms in total. The van der Waals surface area contributed by atoms with Gasteiger partial charge >= 0.3 is 0 Å². The molecule has 0 saturated heterocycles. The predicted octanol–water partition coefficient (Wildman–Crippen LogP) is 3.93. The van der Waals surface area contributed by atoms with Crippen molar-refractivity contribution in [3.63, 3.8) is 0 Å². The summed E-state index contributed by atoms with van der Waals surface area (Å²) in [5.41, 5.74) is 4.05. The lowest BCUT2D eigenvalue weighted by molar-refractivity contribution is 0.364. The zero-order valence-corrected chi connectivity index (χ0v) is 11.4. The average molecular weight is 273 g/mol. The first kappa shape index (κ1) is 13.2. The van der Waals surface area contributed by atoms with Crippen molar-refractivity contribution in [3.8, 4) is 0 Å². The summed E-state index contributed by atoms with van der Waals surface area (Å²) in [5, 5.41) is 1.18. The van der Waals surface area contributed by atoms with Crippen LogP contribution in [-0.2, 0) is 0 Å². The Morgan fingerprint density at radius 2 is 2.06 bits per heavy atom. The van der Waals surface area contributed by atoms with E-state index in [-0.39, 0.29) is 6.04 Å². The Labute approximate surface area is 112 Å². The maximum Gasteiger partial charge on any atom is 0.0595 e. The highest BCUT2D eigenvalue weighted by atomic mass is 35.5. The largest absolute Gasteiger partial charge is 0.271 e. The average Bonchev–Trinajstić information content (AvgIpc) is 2.71. The fourth-order valence-electron chi connectivity index (χ4n) is 2.76. The van der Waals surface area contributed by atoms with Gasteiger partial charge in [0, 0.05) is 6.04 Å². The van der Waals surface area contributed by atoms with Gasteiger partial charge < -0.3 is 0 Å². The smallest absolute Gasteiger partial charge is 0.0595 e. The highest BCUT2D eigenvalue weighted by molar-refractivity contribution is 6.42. The second-order valence-electron chi connectivity index (χ2n) is 5.00. The zero-order valence-electron chi connectivity index (χ0n) is 9.92. The number of nitrogens with two attached hydrogens (primary N) is 1. The van der Waals surface area contributed by atoms with Crippen molar-refractivity contribution in [1.29, 1.82) is 0 Å². The lowest BCUT2D eigenvalue weighted by Crippen LogP contribution is -2.32. The lowest BCUT2D eigenvalue weighted by Gasteiger charge is -2.23. The van der Waals surface area contributed by atoms with E-state index in [9.17, 15) is 0 Å². The molecule has 0 aliphatic heterocycles. The van der Waals surface area contributed by atoms with E-state index in [0.29, 0.717) is 16.0 Å². The number of halogens is 2. The Hall–Kier alpha value is -0.280. The van der Waals surface area contributed by atoms with E-state index in [2.05, 4.69) is 12.3 Å². The van der Waals surface area contributed by atoms with Gasteiger partial charge in [0.05, 0.1) is 10.0 Å². The molecule has 0 radical (unpaired) electrons. The Bertz CT molecular complexity index is 395. The minimum absolute atomic E-state index is 0.176. The molecule has 17 heavy (non-hydrogen) atoms. The van der Waals surface area contributed by atoms with Crippen LogP contribution in [0.2, 0.25) is 10.0 Å². The third-order valence-electron chi connectivity index (χ3n) is 3.69. The summed E-state index contributed by atoms with van der Waals surface area (Å²) in [7, 11) is 0. The molecule has 1 aliphatic carbocycles. The van der Waals surface area contributed by atoms with E-state index in [0.717, 1.165) is 11.5 Å². The van der Waals surface area contributed by atoms with Crippen LogP contribution in [0, 0.1) is 11.8 Å². The molecule has 2 rings (SSSR count). The molecule has 0 aromatic heterocycles. The van der Waals surface area contributed by atoms with Gasteiger partial charge in [0.2, 0.25) is 0 Å². The molecular weight excluding hydrogens is 255 g/mol. The molecule has 3 atom stereocenters. The number of hydrogen-bond acceptors (Lipinski definition) is 2. The third-order valence-corrected chi connectivity index (χ3v) is 4.43. The number of benzene rings is 1. The van der Waals surface area contributed by atoms with Crippen LogP contribution in [-0.4, -0.2) is 0 Å². The van der Waals surface area contributed by atoms with Gasteiger partial charge in [-0.1, -0.05) is 42.6 Å². The van der Waals surface area contributed by atoms with E-state index in [1.54, 1.807) is 0 Å². The summed E-state index contributed by atoms with van der Waals surface area (Å²) in [5.74, 6) is 7.07. The van der Waals surface area contributed by atoms with Crippen molar-refractivity contribution in [2.75, 3.05) is 0 Å². The van der Waals surface area contributed by atoms with Gasteiger partial charge in [0.25, 0.3) is 0 Å². The van der Waals surface area contributed by atoms with Crippen LogP contribution in [0.5, 0.6) is 0 Å². The molecule has 0 spiro atoms. The van der Waals surface area contributed by atoms with Crippen LogP contribution >= 0.6 is 23.2 Å². The highest BCUT2D eigenvalue weighted by Gasteiger charge is 2.29. The predicted molar refractivity (Wildman–Crippen MR) is 73.0 cm³/mol. The number of nitrogens with one attached hydrogen (secondary N) is 1. The van der Waals surface area contributed by atoms with Crippen LogP contribution in [0.25, 0.3) is 0 Å². The van der Waals surface area contributed by atoms with E-state index in [1.165, 1.54) is 19.3 Å². The quantitative estimate of drug-likeness (QED) is 0.646. The molecule has 4 heteroatoms. The molecule has 94 valence electrons. The van der Waals surface area contributed by atoms with Crippen molar-refractivity contribution >= 4 is 23.2 Å². The van der Waals surface area contributed by atoms with Gasteiger partial charge in [-0.25, -0.2) is 0 Å². The van der Waals surface area contributed by atoms with Crippen molar-refractivity contribution in [3.05, 3.63) is 33.8 Å². The van der Waals surface area contributed by atoms with Gasteiger partial charge in [0.1, 0.15) is 0 Å². The fourth-order valence-corrected chi connectivity index (χ4v) is 3.07. The Balaban J connectivity index is 2.20. The van der Waals surface area contributed by atoms with E-state index < -0.39 is 0 Å². The van der Waals surface area contributed by atoms with Crippen LogP contribution in [0.4, 0.5) is 0 Å². The molecular formula is C13H18Cl2N2. The van der Waals surface area contributed by atoms with Gasteiger partial charge in [-0.3, -0.25) is 11.3 Å². The first-order chi connectivity index (χ1) is 8.11. The van der Waals surface area contributed by atoms with E-state index in [4.69, 9.17) is 29.0 Å². The van der Waals surface area contributed by atoms with Crippen LogP contribution < -0.4 is 11.3 Å². The minimum Gasteiger partial charge on any atom is -0.271 e. The summed E-state index contributed by atoms with van der Waals surface area (Å²) in [4.78, 5) is 0. The van der Waals surface area contributed by atoms with Crippen LogP contribution in [0.1, 0.15) is 37.8 Å². The molecule has 0 amide bonds. The summed E-state index contributed by atoms with van der Waals surface area (Å²) >= 11 is 12.0. The maximum atomic E-state index is 6.05. The van der Waals surface area contributed by atoms with Gasteiger partial charge in [-0.2, -0.15) is 0 Å². The molecule has 3 N–H and O–H groups in total. The monoisotopic (exact) mass is 272 g/mol. The number of hydrazine groups is 1. The van der Waals surface area contributed by atoms with E-state index in [1.807, 2.05) is 18.2 Å².